The summed E-state index contributed by atoms with van der Waals surface area (Å²) in [6.45, 7) is 21.5. The zero-order valence-corrected chi connectivity index (χ0v) is 32.0. The predicted octanol–water partition coefficient (Wildman–Crippen LogP) is 4.63. The summed E-state index contributed by atoms with van der Waals surface area (Å²) in [5.41, 5.74) is 0.338. The zero-order chi connectivity index (χ0) is 32.1. The molecular weight excluding hydrogens is 640 g/mol. The number of likely N-dealkylation sites (tertiary alicyclic amines) is 2. The molecule has 0 N–H and O–H groups in total. The number of esters is 2. The highest BCUT2D eigenvalue weighted by Gasteiger charge is 2.67. The van der Waals surface area contributed by atoms with Crippen molar-refractivity contribution in [1.82, 2.24) is 4.90 Å². The third-order valence-electron chi connectivity index (χ3n) is 14.9. The highest BCUT2D eigenvalue weighted by atomic mass is 79.9. The van der Waals surface area contributed by atoms with Gasteiger partial charge in [-0.1, -0.05) is 48.0 Å². The molecule has 0 aromatic carbocycles. The monoisotopic (exact) mass is 706 g/mol. The van der Waals surface area contributed by atoms with Gasteiger partial charge in [0.2, 0.25) is 0 Å². The molecule has 46 heavy (non-hydrogen) atoms. The Balaban J connectivity index is 0.00000417. The molecule has 2 heterocycles. The standard InChI is InChI=1S/C39H67N2O4.BrH/c1-8-41(21-13-10-14-22-41)33-24-31-29-16-15-28-23-34(44-36(42)26(2)3)32(40-19-11-9-12-20-40)25-39(28,7)30(29)17-18-38(31,6)35(33)45-37(43)27(4)5;/h26-35H,8-25H2,1-7H3;1H/q+1;/p-1/t28-,29?,30?,31?,32-,33-,34-,35-,38-,39-;/m0./s1. The van der Waals surface area contributed by atoms with Crippen LogP contribution >= 0.6 is 0 Å². The molecule has 0 spiro atoms. The molecule has 3 unspecified atom stereocenters. The number of fused-ring (bicyclic) bond motifs is 5. The maximum absolute atomic E-state index is 13.3. The number of ether oxygens (including phenoxy) is 2. The number of quaternary nitrogens is 1. The Morgan fingerprint density at radius 3 is 2.07 bits per heavy atom. The first-order valence-corrected chi connectivity index (χ1v) is 19.4. The Hall–Kier alpha value is -0.660. The summed E-state index contributed by atoms with van der Waals surface area (Å²) >= 11 is 0. The van der Waals surface area contributed by atoms with Gasteiger partial charge in [0.15, 0.2) is 6.10 Å². The van der Waals surface area contributed by atoms with Gasteiger partial charge in [0, 0.05) is 17.9 Å². The predicted molar refractivity (Wildman–Crippen MR) is 179 cm³/mol. The fourth-order valence-corrected chi connectivity index (χ4v) is 12.3. The van der Waals surface area contributed by atoms with Gasteiger partial charge in [0.05, 0.1) is 31.5 Å². The second kappa shape index (κ2) is 14.3. The molecule has 4 aliphatic carbocycles. The number of hydrogen-bond donors (Lipinski definition) is 0. The van der Waals surface area contributed by atoms with Gasteiger partial charge in [-0.25, -0.2) is 0 Å². The van der Waals surface area contributed by atoms with Gasteiger partial charge < -0.3 is 30.9 Å². The molecule has 7 heteroatoms. The van der Waals surface area contributed by atoms with Crippen molar-refractivity contribution in [3.63, 3.8) is 0 Å². The van der Waals surface area contributed by atoms with Crippen LogP contribution in [0.2, 0.25) is 0 Å². The summed E-state index contributed by atoms with van der Waals surface area (Å²) in [5, 5.41) is 0. The highest BCUT2D eigenvalue weighted by molar-refractivity contribution is 5.72. The van der Waals surface area contributed by atoms with Crippen LogP contribution in [0, 0.1) is 46.3 Å². The van der Waals surface area contributed by atoms with Crippen molar-refractivity contribution in [3.8, 4) is 0 Å². The molecule has 2 aliphatic heterocycles. The van der Waals surface area contributed by atoms with Gasteiger partial charge in [0.1, 0.15) is 12.1 Å². The van der Waals surface area contributed by atoms with Crippen molar-refractivity contribution in [3.05, 3.63) is 0 Å². The lowest BCUT2D eigenvalue weighted by molar-refractivity contribution is -0.956. The average Bonchev–Trinajstić information content (AvgIpc) is 3.34. The number of nitrogens with zero attached hydrogens (tertiary/aromatic N) is 2. The number of rotatable bonds is 7. The molecule has 10 atom stereocenters. The number of likely N-dealkylation sites (N-methyl/N-ethyl adjacent to an activating group) is 1. The third-order valence-corrected chi connectivity index (χ3v) is 14.9. The van der Waals surface area contributed by atoms with Crippen molar-refractivity contribution in [1.29, 1.82) is 0 Å². The van der Waals surface area contributed by atoms with Gasteiger partial charge in [-0.2, -0.15) is 0 Å². The van der Waals surface area contributed by atoms with E-state index in [4.69, 9.17) is 9.47 Å². The van der Waals surface area contributed by atoms with Crippen molar-refractivity contribution >= 4 is 11.9 Å². The van der Waals surface area contributed by atoms with Crippen LogP contribution in [0.25, 0.3) is 0 Å². The maximum Gasteiger partial charge on any atom is 0.308 e. The van der Waals surface area contributed by atoms with Crippen LogP contribution in [0.5, 0.6) is 0 Å². The second-order valence-corrected chi connectivity index (χ2v) is 17.8. The molecule has 264 valence electrons. The van der Waals surface area contributed by atoms with Crippen LogP contribution in [0.1, 0.15) is 132 Å². The van der Waals surface area contributed by atoms with E-state index in [1.165, 1.54) is 94.6 Å². The number of hydrogen-bond acceptors (Lipinski definition) is 5. The lowest BCUT2D eigenvalue weighted by atomic mass is 9.44. The van der Waals surface area contributed by atoms with E-state index in [1.54, 1.807) is 0 Å². The number of halogens is 1. The van der Waals surface area contributed by atoms with E-state index in [0.29, 0.717) is 35.8 Å². The van der Waals surface area contributed by atoms with E-state index < -0.39 is 0 Å². The van der Waals surface area contributed by atoms with Crippen LogP contribution in [0.4, 0.5) is 0 Å². The SMILES string of the molecule is CC[N+]1([C@H]2CC3C4CC[C@H]5C[C@H](OC(=O)C(C)C)[C@@H](N6CCCCC6)C[C@]5(C)C4CC[C@]3(C)[C@H]2OC(=O)C(C)C)CCCCC1.[Br-]. The Bertz CT molecular complexity index is 1070. The molecule has 4 saturated carbocycles. The zero-order valence-electron chi connectivity index (χ0n) is 30.4. The molecule has 6 rings (SSSR count). The van der Waals surface area contributed by atoms with Gasteiger partial charge in [-0.05, 0) is 120 Å². The fraction of sp³-hybridized carbons (Fsp3) is 0.949. The number of carbonyl (C=O) groups is 2. The minimum absolute atomic E-state index is 0. The van der Waals surface area contributed by atoms with Crippen molar-refractivity contribution < 1.29 is 40.5 Å². The lowest BCUT2D eigenvalue weighted by Gasteiger charge is -2.62. The summed E-state index contributed by atoms with van der Waals surface area (Å²) in [5.74, 6) is 2.49. The van der Waals surface area contributed by atoms with Crippen LogP contribution in [0.15, 0.2) is 0 Å². The van der Waals surface area contributed by atoms with E-state index in [0.717, 1.165) is 26.1 Å². The molecule has 0 aromatic rings. The first kappa shape index (κ1) is 36.6. The van der Waals surface area contributed by atoms with Gasteiger partial charge in [-0.15, -0.1) is 0 Å². The van der Waals surface area contributed by atoms with Crippen molar-refractivity contribution in [2.75, 3.05) is 32.7 Å². The van der Waals surface area contributed by atoms with Crippen LogP contribution < -0.4 is 17.0 Å². The van der Waals surface area contributed by atoms with E-state index in [1.807, 2.05) is 27.7 Å². The molecular formula is C39H67BrN2O4. The van der Waals surface area contributed by atoms with Crippen LogP contribution in [-0.4, -0.2) is 78.3 Å². The average molecular weight is 708 g/mol. The Morgan fingerprint density at radius 2 is 1.43 bits per heavy atom. The summed E-state index contributed by atoms with van der Waals surface area (Å²) < 4.78 is 14.3. The molecule has 6 aliphatic rings. The lowest BCUT2D eigenvalue weighted by Crippen LogP contribution is -3.00. The van der Waals surface area contributed by atoms with E-state index in [2.05, 4.69) is 25.7 Å². The van der Waals surface area contributed by atoms with E-state index >= 15 is 0 Å². The van der Waals surface area contributed by atoms with Gasteiger partial charge in [0.25, 0.3) is 0 Å². The van der Waals surface area contributed by atoms with Crippen LogP contribution in [-0.2, 0) is 19.1 Å². The Morgan fingerprint density at radius 1 is 0.804 bits per heavy atom. The normalized spacial score (nSPS) is 42.4. The van der Waals surface area contributed by atoms with Gasteiger partial charge >= 0.3 is 11.9 Å². The first-order chi connectivity index (χ1) is 21.4. The highest BCUT2D eigenvalue weighted by Crippen LogP contribution is 2.68. The maximum atomic E-state index is 13.3. The number of carbonyl (C=O) groups excluding carboxylic acids is 2. The quantitative estimate of drug-likeness (QED) is 0.286. The van der Waals surface area contributed by atoms with Gasteiger partial charge in [-0.3, -0.25) is 14.5 Å². The summed E-state index contributed by atoms with van der Waals surface area (Å²) in [4.78, 5) is 29.0. The summed E-state index contributed by atoms with van der Waals surface area (Å²) in [6, 6.07) is 0.782. The smallest absolute Gasteiger partial charge is 0.308 e. The fourth-order valence-electron chi connectivity index (χ4n) is 12.3. The summed E-state index contributed by atoms with van der Waals surface area (Å²) in [6.07, 6.45) is 16.3. The molecule has 0 bridgehead atoms. The van der Waals surface area contributed by atoms with Crippen molar-refractivity contribution in [2.24, 2.45) is 46.3 Å². The summed E-state index contributed by atoms with van der Waals surface area (Å²) in [7, 11) is 0. The largest absolute Gasteiger partial charge is 1.00 e. The topological polar surface area (TPSA) is 55.8 Å². The van der Waals surface area contributed by atoms with E-state index in [9.17, 15) is 9.59 Å². The molecule has 0 aromatic heterocycles. The molecule has 6 nitrogen and oxygen atoms in total. The Kier molecular flexibility index (Phi) is 11.4. The number of piperidine rings is 2. The minimum atomic E-state index is -0.0814. The molecule has 6 fully saturated rings. The third kappa shape index (κ3) is 6.38. The molecule has 0 radical (unpaired) electrons. The van der Waals surface area contributed by atoms with Crippen LogP contribution in [0.3, 0.4) is 0 Å². The minimum Gasteiger partial charge on any atom is -1.00 e. The Labute approximate surface area is 291 Å². The van der Waals surface area contributed by atoms with E-state index in [-0.39, 0.29) is 63.8 Å². The molecule has 0 amide bonds. The second-order valence-electron chi connectivity index (χ2n) is 17.8. The molecule has 2 saturated heterocycles. The van der Waals surface area contributed by atoms with Crippen molar-refractivity contribution in [2.45, 2.75) is 156 Å². The first-order valence-electron chi connectivity index (χ1n) is 19.4.